The number of hydrogen-bond acceptors (Lipinski definition) is 1. The van der Waals surface area contributed by atoms with Crippen LogP contribution in [0.5, 0.6) is 0 Å². The van der Waals surface area contributed by atoms with Gasteiger partial charge in [-0.2, -0.15) is 0 Å². The van der Waals surface area contributed by atoms with Gasteiger partial charge in [-0.1, -0.05) is 40.5 Å². The topological polar surface area (TPSA) is 12.0 Å². The van der Waals surface area contributed by atoms with Crippen molar-refractivity contribution >= 4 is 11.6 Å². The second-order valence-corrected chi connectivity index (χ2v) is 4.66. The molecule has 0 saturated carbocycles. The largest absolute Gasteiger partial charge is 0.315 e. The molecule has 13 heavy (non-hydrogen) atoms. The van der Waals surface area contributed by atoms with Gasteiger partial charge in [0.1, 0.15) is 0 Å². The molecule has 0 aliphatic heterocycles. The second kappa shape index (κ2) is 7.64. The van der Waals surface area contributed by atoms with Crippen molar-refractivity contribution in [3.05, 3.63) is 0 Å². The first-order valence-electron chi connectivity index (χ1n) is 5.46. The van der Waals surface area contributed by atoms with Crippen LogP contribution in [0.4, 0.5) is 0 Å². The number of nitrogens with one attached hydrogen (secondary N) is 1. The van der Waals surface area contributed by atoms with Crippen molar-refractivity contribution in [2.45, 2.75) is 45.9 Å². The maximum atomic E-state index is 6.12. The lowest BCUT2D eigenvalue weighted by Gasteiger charge is -2.17. The number of alkyl halides is 1. The van der Waals surface area contributed by atoms with Gasteiger partial charge in [-0.3, -0.25) is 0 Å². The Hall–Kier alpha value is 0.250. The molecule has 0 aromatic rings. The van der Waals surface area contributed by atoms with Crippen LogP contribution in [-0.4, -0.2) is 18.5 Å². The van der Waals surface area contributed by atoms with Gasteiger partial charge in [-0.05, 0) is 18.4 Å². The average Bonchev–Trinajstić information content (AvgIpc) is 2.12. The zero-order valence-corrected chi connectivity index (χ0v) is 10.2. The molecular formula is C11H24ClN. The van der Waals surface area contributed by atoms with Crippen LogP contribution in [0.25, 0.3) is 0 Å². The van der Waals surface area contributed by atoms with Gasteiger partial charge in [0.05, 0.1) is 0 Å². The summed E-state index contributed by atoms with van der Waals surface area (Å²) in [6.45, 7) is 10.9. The molecule has 80 valence electrons. The van der Waals surface area contributed by atoms with E-state index >= 15 is 0 Å². The molecule has 0 aromatic carbocycles. The van der Waals surface area contributed by atoms with Crippen LogP contribution < -0.4 is 5.32 Å². The van der Waals surface area contributed by atoms with Crippen LogP contribution in [0.3, 0.4) is 0 Å². The molecule has 1 atom stereocenters. The lowest BCUT2D eigenvalue weighted by Crippen LogP contribution is -2.30. The van der Waals surface area contributed by atoms with Crippen molar-refractivity contribution in [3.8, 4) is 0 Å². The van der Waals surface area contributed by atoms with Gasteiger partial charge in [-0.25, -0.2) is 0 Å². The first kappa shape index (κ1) is 13.2. The van der Waals surface area contributed by atoms with Crippen LogP contribution in [0.2, 0.25) is 0 Å². The van der Waals surface area contributed by atoms with Gasteiger partial charge in [-0.15, -0.1) is 11.6 Å². The van der Waals surface area contributed by atoms with E-state index < -0.39 is 0 Å². The van der Waals surface area contributed by atoms with Crippen molar-refractivity contribution in [1.82, 2.24) is 5.32 Å². The van der Waals surface area contributed by atoms with Crippen molar-refractivity contribution in [1.29, 1.82) is 0 Å². The molecule has 1 N–H and O–H groups in total. The molecule has 0 bridgehead atoms. The van der Waals surface area contributed by atoms with Crippen molar-refractivity contribution < 1.29 is 0 Å². The molecule has 0 aliphatic rings. The van der Waals surface area contributed by atoms with E-state index in [1.807, 2.05) is 0 Å². The standard InChI is InChI=1S/C11H24ClN/c1-5-10(6-2)7-13-8-11(12)9(3)4/h9-11,13H,5-8H2,1-4H3. The smallest absolute Gasteiger partial charge is 0.0483 e. The Kier molecular flexibility index (Phi) is 7.78. The lowest BCUT2D eigenvalue weighted by molar-refractivity contribution is 0.436. The average molecular weight is 206 g/mol. The molecule has 1 nitrogen and oxygen atoms in total. The Labute approximate surface area is 88.2 Å². The van der Waals surface area contributed by atoms with Gasteiger partial charge >= 0.3 is 0 Å². The predicted molar refractivity (Wildman–Crippen MR) is 61.4 cm³/mol. The maximum Gasteiger partial charge on any atom is 0.0483 e. The van der Waals surface area contributed by atoms with Crippen LogP contribution >= 0.6 is 11.6 Å². The molecule has 2 heteroatoms. The third kappa shape index (κ3) is 6.34. The summed E-state index contributed by atoms with van der Waals surface area (Å²) in [5.74, 6) is 1.38. The van der Waals surface area contributed by atoms with E-state index in [1.54, 1.807) is 0 Å². The van der Waals surface area contributed by atoms with Crippen LogP contribution in [0.1, 0.15) is 40.5 Å². The quantitative estimate of drug-likeness (QED) is 0.630. The first-order chi connectivity index (χ1) is 6.11. The Morgan fingerprint density at radius 2 is 1.62 bits per heavy atom. The minimum absolute atomic E-state index is 0.273. The van der Waals surface area contributed by atoms with Gasteiger partial charge in [0.25, 0.3) is 0 Å². The fourth-order valence-electron chi connectivity index (χ4n) is 1.24. The Bertz CT molecular complexity index is 109. The summed E-state index contributed by atoms with van der Waals surface area (Å²) in [4.78, 5) is 0. The summed E-state index contributed by atoms with van der Waals surface area (Å²) in [6.07, 6.45) is 2.52. The Balaban J connectivity index is 3.43. The minimum Gasteiger partial charge on any atom is -0.315 e. The molecule has 0 heterocycles. The summed E-state index contributed by atoms with van der Waals surface area (Å²) in [7, 11) is 0. The van der Waals surface area contributed by atoms with E-state index in [1.165, 1.54) is 12.8 Å². The van der Waals surface area contributed by atoms with Crippen LogP contribution in [0.15, 0.2) is 0 Å². The zero-order chi connectivity index (χ0) is 10.3. The predicted octanol–water partition coefficient (Wildman–Crippen LogP) is 3.28. The Morgan fingerprint density at radius 1 is 1.08 bits per heavy atom. The van der Waals surface area contributed by atoms with Crippen LogP contribution in [0, 0.1) is 11.8 Å². The normalized spacial score (nSPS) is 14.1. The van der Waals surface area contributed by atoms with E-state index in [-0.39, 0.29) is 5.38 Å². The molecule has 0 rings (SSSR count). The van der Waals surface area contributed by atoms with E-state index in [0.29, 0.717) is 5.92 Å². The highest BCUT2D eigenvalue weighted by Gasteiger charge is 2.09. The third-order valence-corrected chi connectivity index (χ3v) is 3.31. The van der Waals surface area contributed by atoms with E-state index in [2.05, 4.69) is 33.0 Å². The van der Waals surface area contributed by atoms with Gasteiger partial charge in [0.2, 0.25) is 0 Å². The van der Waals surface area contributed by atoms with Crippen molar-refractivity contribution in [2.24, 2.45) is 11.8 Å². The number of hydrogen-bond donors (Lipinski definition) is 1. The fraction of sp³-hybridized carbons (Fsp3) is 1.00. The summed E-state index contributed by atoms with van der Waals surface area (Å²) >= 11 is 6.12. The third-order valence-electron chi connectivity index (χ3n) is 2.65. The van der Waals surface area contributed by atoms with E-state index in [0.717, 1.165) is 19.0 Å². The highest BCUT2D eigenvalue weighted by Crippen LogP contribution is 2.09. The molecule has 0 saturated heterocycles. The second-order valence-electron chi connectivity index (χ2n) is 4.10. The molecule has 0 radical (unpaired) electrons. The highest BCUT2D eigenvalue weighted by molar-refractivity contribution is 6.20. The SMILES string of the molecule is CCC(CC)CNCC(Cl)C(C)C. The molecule has 0 aliphatic carbocycles. The van der Waals surface area contributed by atoms with Gasteiger partial charge in [0, 0.05) is 11.9 Å². The summed E-state index contributed by atoms with van der Waals surface area (Å²) in [5.41, 5.74) is 0. The number of halogens is 1. The summed E-state index contributed by atoms with van der Waals surface area (Å²) in [6, 6.07) is 0. The minimum atomic E-state index is 0.273. The summed E-state index contributed by atoms with van der Waals surface area (Å²) in [5, 5.41) is 3.71. The Morgan fingerprint density at radius 3 is 2.00 bits per heavy atom. The van der Waals surface area contributed by atoms with Gasteiger partial charge in [0.15, 0.2) is 0 Å². The molecule has 1 unspecified atom stereocenters. The lowest BCUT2D eigenvalue weighted by atomic mass is 10.0. The van der Waals surface area contributed by atoms with E-state index in [9.17, 15) is 0 Å². The molecule has 0 fully saturated rings. The van der Waals surface area contributed by atoms with Gasteiger partial charge < -0.3 is 5.32 Å². The molecule has 0 spiro atoms. The fourth-order valence-corrected chi connectivity index (χ4v) is 1.35. The zero-order valence-electron chi connectivity index (χ0n) is 9.44. The van der Waals surface area contributed by atoms with Crippen molar-refractivity contribution in [2.75, 3.05) is 13.1 Å². The molecule has 0 amide bonds. The number of rotatable bonds is 7. The maximum absolute atomic E-state index is 6.12. The first-order valence-corrected chi connectivity index (χ1v) is 5.90. The molecular weight excluding hydrogens is 182 g/mol. The summed E-state index contributed by atoms with van der Waals surface area (Å²) < 4.78 is 0. The van der Waals surface area contributed by atoms with Crippen molar-refractivity contribution in [3.63, 3.8) is 0 Å². The highest BCUT2D eigenvalue weighted by atomic mass is 35.5. The van der Waals surface area contributed by atoms with Crippen LogP contribution in [-0.2, 0) is 0 Å². The monoisotopic (exact) mass is 205 g/mol. The molecule has 0 aromatic heterocycles. The van der Waals surface area contributed by atoms with E-state index in [4.69, 9.17) is 11.6 Å².